The van der Waals surface area contributed by atoms with E-state index in [-0.39, 0.29) is 23.8 Å². The maximum Gasteiger partial charge on any atom is 0.294 e. The van der Waals surface area contributed by atoms with Crippen molar-refractivity contribution in [2.75, 3.05) is 30.4 Å². The first-order valence-corrected chi connectivity index (χ1v) is 12.5. The third kappa shape index (κ3) is 5.25. The zero-order valence-corrected chi connectivity index (χ0v) is 21.6. The second-order valence-electron chi connectivity index (χ2n) is 10.0. The monoisotopic (exact) mass is 519 g/mol. The molecule has 0 radical (unpaired) electrons. The number of fused-ring (bicyclic) bond motifs is 1. The van der Waals surface area contributed by atoms with Gasteiger partial charge in [-0.25, -0.2) is 4.39 Å². The van der Waals surface area contributed by atoms with Crippen LogP contribution in [0.3, 0.4) is 0 Å². The number of nitrogens with zero attached hydrogens (tertiary/aromatic N) is 7. The molecular weight excluding hydrogens is 489 g/mol. The Bertz CT molecular complexity index is 1490. The number of aryl methyl sites for hydroxylation is 2. The van der Waals surface area contributed by atoms with Gasteiger partial charge in [0.15, 0.2) is 5.65 Å². The van der Waals surface area contributed by atoms with Crippen molar-refractivity contribution in [3.05, 3.63) is 54.5 Å². The summed E-state index contributed by atoms with van der Waals surface area (Å²) in [5.41, 5.74) is 3.66. The normalized spacial score (nSPS) is 15.2. The van der Waals surface area contributed by atoms with E-state index in [1.807, 2.05) is 6.07 Å². The van der Waals surface area contributed by atoms with E-state index >= 15 is 0 Å². The molecule has 0 spiro atoms. The number of nitrogens with one attached hydrogen (secondary N) is 2. The van der Waals surface area contributed by atoms with E-state index in [0.717, 1.165) is 30.5 Å². The van der Waals surface area contributed by atoms with Crippen molar-refractivity contribution in [1.29, 1.82) is 0 Å². The van der Waals surface area contributed by atoms with Crippen molar-refractivity contribution < 1.29 is 14.0 Å². The van der Waals surface area contributed by atoms with Gasteiger partial charge in [0.2, 0.25) is 11.7 Å². The van der Waals surface area contributed by atoms with Crippen LogP contribution in [0.2, 0.25) is 0 Å². The third-order valence-electron chi connectivity index (χ3n) is 6.92. The van der Waals surface area contributed by atoms with Crippen molar-refractivity contribution in [2.45, 2.75) is 45.7 Å². The van der Waals surface area contributed by atoms with E-state index in [0.29, 0.717) is 29.3 Å². The van der Waals surface area contributed by atoms with Crippen LogP contribution in [-0.4, -0.2) is 71.4 Å². The molecule has 5 rings (SSSR count). The molecule has 12 heteroatoms. The van der Waals surface area contributed by atoms with Crippen molar-refractivity contribution in [3.8, 4) is 11.1 Å². The molecule has 0 atom stereocenters. The van der Waals surface area contributed by atoms with Gasteiger partial charge in [-0.05, 0) is 63.9 Å². The van der Waals surface area contributed by atoms with Crippen LogP contribution < -0.4 is 10.6 Å². The largest absolute Gasteiger partial charge is 0.324 e. The third-order valence-corrected chi connectivity index (χ3v) is 6.92. The standard InChI is InChI=1S/C26H30FN9O2/c1-17-21(12-20(14-28-17)30-23(37)16-34-8-4-6-26(34,2)3)31-25(38)24-33-32-22-11-18(5-9-36(22)24)19-13-29-35(15-19)10-7-27/h5,9,11-15H,4,6-8,10,16H2,1-3H3,(H,30,37)(H,31,38). The lowest BCUT2D eigenvalue weighted by molar-refractivity contribution is -0.118. The summed E-state index contributed by atoms with van der Waals surface area (Å²) < 4.78 is 15.7. The number of anilines is 2. The van der Waals surface area contributed by atoms with E-state index in [9.17, 15) is 14.0 Å². The predicted molar refractivity (Wildman–Crippen MR) is 141 cm³/mol. The Hall–Kier alpha value is -4.19. The minimum Gasteiger partial charge on any atom is -0.324 e. The van der Waals surface area contributed by atoms with Gasteiger partial charge in [-0.15, -0.1) is 10.2 Å². The molecule has 1 aliphatic rings. The molecule has 2 N–H and O–H groups in total. The molecule has 198 valence electrons. The molecule has 2 amide bonds. The molecule has 1 fully saturated rings. The van der Waals surface area contributed by atoms with Crippen molar-refractivity contribution >= 4 is 28.8 Å². The summed E-state index contributed by atoms with van der Waals surface area (Å²) in [5, 5.41) is 18.1. The Balaban J connectivity index is 1.29. The number of hydrogen-bond donors (Lipinski definition) is 2. The molecule has 0 aliphatic carbocycles. The minimum absolute atomic E-state index is 0.00110. The van der Waals surface area contributed by atoms with Gasteiger partial charge in [0.25, 0.3) is 5.91 Å². The average molecular weight is 520 g/mol. The molecule has 11 nitrogen and oxygen atoms in total. The summed E-state index contributed by atoms with van der Waals surface area (Å²) in [4.78, 5) is 32.3. The number of carbonyl (C=O) groups excluding carboxylic acids is 2. The van der Waals surface area contributed by atoms with E-state index in [4.69, 9.17) is 0 Å². The number of halogens is 1. The van der Waals surface area contributed by atoms with Gasteiger partial charge in [0.1, 0.15) is 6.67 Å². The maximum atomic E-state index is 13.1. The number of likely N-dealkylation sites (tertiary alicyclic amines) is 1. The predicted octanol–water partition coefficient (Wildman–Crippen LogP) is 3.33. The van der Waals surface area contributed by atoms with Gasteiger partial charge < -0.3 is 10.6 Å². The zero-order chi connectivity index (χ0) is 26.9. The Morgan fingerprint density at radius 3 is 2.74 bits per heavy atom. The van der Waals surface area contributed by atoms with Crippen molar-refractivity contribution in [3.63, 3.8) is 0 Å². The molecule has 1 aliphatic heterocycles. The van der Waals surface area contributed by atoms with Crippen LogP contribution in [0.1, 0.15) is 43.0 Å². The number of rotatable bonds is 8. The summed E-state index contributed by atoms with van der Waals surface area (Å²) in [6, 6.07) is 5.28. The smallest absolute Gasteiger partial charge is 0.294 e. The lowest BCUT2D eigenvalue weighted by Crippen LogP contribution is -2.42. The fourth-order valence-electron chi connectivity index (χ4n) is 4.68. The SMILES string of the molecule is Cc1ncc(NC(=O)CN2CCCC2(C)C)cc1NC(=O)c1nnc2cc(-c3cnn(CCF)c3)ccn12. The Labute approximate surface area is 219 Å². The van der Waals surface area contributed by atoms with Crippen LogP contribution in [0, 0.1) is 6.92 Å². The molecule has 4 aromatic heterocycles. The van der Waals surface area contributed by atoms with Gasteiger partial charge in [-0.3, -0.25) is 28.6 Å². The summed E-state index contributed by atoms with van der Waals surface area (Å²) in [5.74, 6) is -0.490. The number of alkyl halides is 1. The fourth-order valence-corrected chi connectivity index (χ4v) is 4.68. The van der Waals surface area contributed by atoms with Crippen LogP contribution in [0.15, 0.2) is 43.0 Å². The van der Waals surface area contributed by atoms with E-state index in [2.05, 4.69) is 49.7 Å². The maximum absolute atomic E-state index is 13.1. The quantitative estimate of drug-likeness (QED) is 0.366. The van der Waals surface area contributed by atoms with Gasteiger partial charge in [0.05, 0.1) is 42.6 Å². The van der Waals surface area contributed by atoms with Crippen LogP contribution in [0.5, 0.6) is 0 Å². The zero-order valence-electron chi connectivity index (χ0n) is 21.6. The van der Waals surface area contributed by atoms with E-state index in [1.54, 1.807) is 48.2 Å². The molecule has 38 heavy (non-hydrogen) atoms. The summed E-state index contributed by atoms with van der Waals surface area (Å²) >= 11 is 0. The number of amides is 2. The molecule has 0 aromatic carbocycles. The average Bonchev–Trinajstić information content (AvgIpc) is 3.60. The molecule has 1 saturated heterocycles. The van der Waals surface area contributed by atoms with Crippen LogP contribution >= 0.6 is 0 Å². The summed E-state index contributed by atoms with van der Waals surface area (Å²) in [6.07, 6.45) is 8.82. The topological polar surface area (TPSA) is 122 Å². The second-order valence-corrected chi connectivity index (χ2v) is 10.0. The highest BCUT2D eigenvalue weighted by atomic mass is 19.1. The summed E-state index contributed by atoms with van der Waals surface area (Å²) in [6.45, 7) is 6.94. The lowest BCUT2D eigenvalue weighted by atomic mass is 10.0. The van der Waals surface area contributed by atoms with Crippen LogP contribution in [-0.2, 0) is 11.3 Å². The van der Waals surface area contributed by atoms with Gasteiger partial charge >= 0.3 is 0 Å². The molecular formula is C26H30FN9O2. The Kier molecular flexibility index (Phi) is 6.89. The first-order valence-electron chi connectivity index (χ1n) is 12.5. The summed E-state index contributed by atoms with van der Waals surface area (Å²) in [7, 11) is 0. The molecule has 5 heterocycles. The Morgan fingerprint density at radius 2 is 1.97 bits per heavy atom. The number of pyridine rings is 2. The highest BCUT2D eigenvalue weighted by molar-refractivity contribution is 6.03. The van der Waals surface area contributed by atoms with Gasteiger partial charge in [0, 0.05) is 23.5 Å². The number of carbonyl (C=O) groups is 2. The van der Waals surface area contributed by atoms with Crippen molar-refractivity contribution in [1.82, 2.24) is 34.3 Å². The lowest BCUT2D eigenvalue weighted by Gasteiger charge is -2.30. The Morgan fingerprint density at radius 1 is 1.13 bits per heavy atom. The number of hydrogen-bond acceptors (Lipinski definition) is 7. The molecule has 0 saturated carbocycles. The van der Waals surface area contributed by atoms with E-state index in [1.165, 1.54) is 4.68 Å². The first-order chi connectivity index (χ1) is 18.2. The van der Waals surface area contributed by atoms with Crippen LogP contribution in [0.25, 0.3) is 16.8 Å². The number of aromatic nitrogens is 6. The highest BCUT2D eigenvalue weighted by Gasteiger charge is 2.32. The van der Waals surface area contributed by atoms with E-state index < -0.39 is 12.6 Å². The first kappa shape index (κ1) is 25.5. The van der Waals surface area contributed by atoms with Crippen LogP contribution in [0.4, 0.5) is 15.8 Å². The van der Waals surface area contributed by atoms with Gasteiger partial charge in [-0.1, -0.05) is 0 Å². The fraction of sp³-hybridized carbons (Fsp3) is 0.385. The highest BCUT2D eigenvalue weighted by Crippen LogP contribution is 2.28. The second kappa shape index (κ2) is 10.3. The molecule has 0 unspecified atom stereocenters. The van der Waals surface area contributed by atoms with Crippen molar-refractivity contribution in [2.24, 2.45) is 0 Å². The van der Waals surface area contributed by atoms with Gasteiger partial charge in [-0.2, -0.15) is 5.10 Å². The minimum atomic E-state index is -0.496. The molecule has 0 bridgehead atoms. The molecule has 4 aromatic rings.